The van der Waals surface area contributed by atoms with E-state index in [0.717, 1.165) is 47.2 Å². The van der Waals surface area contributed by atoms with Crippen molar-refractivity contribution in [3.05, 3.63) is 90.5 Å². The fourth-order valence-electron chi connectivity index (χ4n) is 4.42. The summed E-state index contributed by atoms with van der Waals surface area (Å²) >= 11 is 0. The van der Waals surface area contributed by atoms with E-state index < -0.39 is 55.1 Å². The Bertz CT molecular complexity index is 2010. The quantitative estimate of drug-likeness (QED) is 0.188. The topological polar surface area (TPSA) is 161 Å². The summed E-state index contributed by atoms with van der Waals surface area (Å²) in [4.78, 5) is -2.47. The summed E-state index contributed by atoms with van der Waals surface area (Å²) in [5, 5.41) is 0. The van der Waals surface area contributed by atoms with Crippen molar-refractivity contribution >= 4 is 30.1 Å². The molecule has 0 saturated heterocycles. The Morgan fingerprint density at radius 2 is 1.07 bits per heavy atom. The minimum Gasteiger partial charge on any atom is -0.491 e. The summed E-state index contributed by atoms with van der Waals surface area (Å²) in [6, 6.07) is 20.2. The van der Waals surface area contributed by atoms with Gasteiger partial charge in [0.05, 0.1) is 20.8 Å². The van der Waals surface area contributed by atoms with E-state index in [1.54, 1.807) is 45.0 Å². The largest absolute Gasteiger partial charge is 0.491 e. The van der Waals surface area contributed by atoms with Crippen molar-refractivity contribution in [1.29, 1.82) is 0 Å². The molecule has 0 unspecified atom stereocenters. The molecule has 0 atom stereocenters. The molecule has 0 aliphatic carbocycles. The van der Waals surface area contributed by atoms with Crippen LogP contribution in [0.5, 0.6) is 17.2 Å². The van der Waals surface area contributed by atoms with E-state index in [1.165, 1.54) is 6.07 Å². The highest BCUT2D eigenvalue weighted by molar-refractivity contribution is 7.91. The summed E-state index contributed by atoms with van der Waals surface area (Å²) < 4.78 is 107. The zero-order chi connectivity index (χ0) is 32.7. The predicted octanol–water partition coefficient (Wildman–Crippen LogP) is 6.56. The third kappa shape index (κ3) is 7.48. The van der Waals surface area contributed by atoms with E-state index in [4.69, 9.17) is 9.47 Å². The average molecular weight is 661 g/mol. The van der Waals surface area contributed by atoms with Gasteiger partial charge >= 0.3 is 0 Å². The normalized spacial score (nSPS) is 12.7. The lowest BCUT2D eigenvalue weighted by Gasteiger charge is -2.22. The first-order valence-corrected chi connectivity index (χ1v) is 17.7. The highest BCUT2D eigenvalue weighted by Gasteiger charge is 2.29. The van der Waals surface area contributed by atoms with E-state index in [0.29, 0.717) is 0 Å². The maximum absolute atomic E-state index is 13.5. The molecule has 0 aliphatic rings. The monoisotopic (exact) mass is 660 g/mol. The maximum Gasteiger partial charge on any atom is 0.298 e. The van der Waals surface area contributed by atoms with Gasteiger partial charge in [0, 0.05) is 0 Å². The van der Waals surface area contributed by atoms with Crippen LogP contribution in [0.2, 0.25) is 0 Å². The molecule has 0 aliphatic heterocycles. The van der Waals surface area contributed by atoms with Crippen LogP contribution in [0.1, 0.15) is 40.2 Å². The Hall–Kier alpha value is -3.75. The molecule has 4 aromatic rings. The molecule has 0 spiro atoms. The van der Waals surface area contributed by atoms with Crippen LogP contribution in [0.3, 0.4) is 0 Å². The molecule has 0 saturated carbocycles. The third-order valence-corrected chi connectivity index (χ3v) is 10.0. The predicted molar refractivity (Wildman–Crippen MR) is 164 cm³/mol. The number of hydrogen-bond acceptors (Lipinski definition) is 8. The van der Waals surface area contributed by atoms with Crippen molar-refractivity contribution in [2.24, 2.45) is 0 Å². The van der Waals surface area contributed by atoms with Crippen molar-refractivity contribution in [3.8, 4) is 28.4 Å². The van der Waals surface area contributed by atoms with Crippen molar-refractivity contribution in [2.75, 3.05) is 0 Å². The SMILES string of the molecule is CC(C)Oc1ccc(-c2ccc(Oc3ccc(S(=O)(=O)c4ccc(C(C)(C)C)c(S(=O)(=O)O)c4)cc3S(=O)(=O)O)cc2)cc1. The average Bonchev–Trinajstić information content (AvgIpc) is 2.92. The second kappa shape index (κ2) is 12.0. The van der Waals surface area contributed by atoms with E-state index in [9.17, 15) is 34.4 Å². The molecular formula is C31H32O10S3. The van der Waals surface area contributed by atoms with E-state index in [2.05, 4.69) is 0 Å². The molecule has 4 rings (SSSR count). The second-order valence-corrected chi connectivity index (χ2v) is 16.0. The molecule has 44 heavy (non-hydrogen) atoms. The summed E-state index contributed by atoms with van der Waals surface area (Å²) in [5.74, 6) is 0.605. The number of sulfone groups is 1. The number of rotatable bonds is 9. The summed E-state index contributed by atoms with van der Waals surface area (Å²) in [6.07, 6.45) is 0.0389. The standard InChI is InChI=1S/C31H32O10S3/c1-20(2)40-23-10-6-21(7-11-23)22-8-12-24(13-9-22)41-28-17-15-26(19-30(28)44(37,38)39)42(32,33)25-14-16-27(31(3,4)5)29(18-25)43(34,35)36/h6-20H,1-5H3,(H,34,35,36)(H,37,38,39). The number of ether oxygens (including phenoxy) is 2. The van der Waals surface area contributed by atoms with E-state index in [-0.39, 0.29) is 23.2 Å². The molecule has 0 fully saturated rings. The van der Waals surface area contributed by atoms with Gasteiger partial charge in [-0.15, -0.1) is 0 Å². The van der Waals surface area contributed by atoms with Crippen LogP contribution in [0.4, 0.5) is 0 Å². The zero-order valence-corrected chi connectivity index (χ0v) is 27.0. The fraction of sp³-hybridized carbons (Fsp3) is 0.226. The van der Waals surface area contributed by atoms with Crippen LogP contribution >= 0.6 is 0 Å². The molecule has 0 radical (unpaired) electrons. The van der Waals surface area contributed by atoms with E-state index >= 15 is 0 Å². The second-order valence-electron chi connectivity index (χ2n) is 11.3. The van der Waals surface area contributed by atoms with Gasteiger partial charge in [0.25, 0.3) is 20.2 Å². The molecule has 13 heteroatoms. The minimum absolute atomic E-state index is 0.0389. The molecule has 4 aromatic carbocycles. The molecular weight excluding hydrogens is 629 g/mol. The zero-order valence-electron chi connectivity index (χ0n) is 24.5. The van der Waals surface area contributed by atoms with Gasteiger partial charge in [0.2, 0.25) is 9.84 Å². The minimum atomic E-state index is -4.98. The van der Waals surface area contributed by atoms with Crippen LogP contribution in [0.25, 0.3) is 11.1 Å². The van der Waals surface area contributed by atoms with E-state index in [1.807, 2.05) is 38.1 Å². The van der Waals surface area contributed by atoms with Crippen LogP contribution in [0.15, 0.2) is 105 Å². The molecule has 0 heterocycles. The van der Waals surface area contributed by atoms with Gasteiger partial charge < -0.3 is 9.47 Å². The van der Waals surface area contributed by atoms with Gasteiger partial charge in [-0.3, -0.25) is 9.11 Å². The summed E-state index contributed by atoms with van der Waals surface area (Å²) in [7, 11) is -14.3. The molecule has 10 nitrogen and oxygen atoms in total. The smallest absolute Gasteiger partial charge is 0.298 e. The van der Waals surface area contributed by atoms with Gasteiger partial charge in [-0.2, -0.15) is 16.8 Å². The summed E-state index contributed by atoms with van der Waals surface area (Å²) in [6.45, 7) is 8.93. The van der Waals surface area contributed by atoms with Crippen LogP contribution in [0, 0.1) is 0 Å². The van der Waals surface area contributed by atoms with Crippen molar-refractivity contribution < 1.29 is 43.8 Å². The number of hydrogen-bond donors (Lipinski definition) is 2. The first-order valence-electron chi connectivity index (χ1n) is 13.3. The summed E-state index contributed by atoms with van der Waals surface area (Å²) in [5.41, 5.74) is 1.17. The fourth-order valence-corrected chi connectivity index (χ4v) is 7.45. The Balaban J connectivity index is 1.68. The van der Waals surface area contributed by atoms with Gasteiger partial charge in [-0.05, 0) is 90.6 Å². The van der Waals surface area contributed by atoms with Crippen molar-refractivity contribution in [2.45, 2.75) is 65.7 Å². The highest BCUT2D eigenvalue weighted by Crippen LogP contribution is 2.36. The van der Waals surface area contributed by atoms with Crippen LogP contribution in [-0.2, 0) is 35.5 Å². The lowest BCUT2D eigenvalue weighted by Crippen LogP contribution is -2.17. The van der Waals surface area contributed by atoms with Crippen LogP contribution < -0.4 is 9.47 Å². The number of benzene rings is 4. The Morgan fingerprint density at radius 1 is 0.614 bits per heavy atom. The Morgan fingerprint density at radius 3 is 1.52 bits per heavy atom. The third-order valence-electron chi connectivity index (χ3n) is 6.49. The first-order chi connectivity index (χ1) is 20.3. The molecule has 0 amide bonds. The maximum atomic E-state index is 13.5. The van der Waals surface area contributed by atoms with Gasteiger partial charge in [0.1, 0.15) is 22.1 Å². The Labute approximate surface area is 257 Å². The van der Waals surface area contributed by atoms with Crippen LogP contribution in [-0.4, -0.2) is 40.5 Å². The van der Waals surface area contributed by atoms with Gasteiger partial charge in [0.15, 0.2) is 0 Å². The first kappa shape index (κ1) is 33.1. The lowest BCUT2D eigenvalue weighted by molar-refractivity contribution is 0.242. The molecule has 234 valence electrons. The molecule has 2 N–H and O–H groups in total. The lowest BCUT2D eigenvalue weighted by atomic mass is 9.87. The van der Waals surface area contributed by atoms with Crippen molar-refractivity contribution in [3.63, 3.8) is 0 Å². The Kier molecular flexibility index (Phi) is 9.02. The highest BCUT2D eigenvalue weighted by atomic mass is 32.2. The molecule has 0 bridgehead atoms. The van der Waals surface area contributed by atoms with Gasteiger partial charge in [-0.25, -0.2) is 8.42 Å². The van der Waals surface area contributed by atoms with Crippen molar-refractivity contribution in [1.82, 2.24) is 0 Å². The molecule has 0 aromatic heterocycles. The van der Waals surface area contributed by atoms with Gasteiger partial charge in [-0.1, -0.05) is 51.1 Å².